The summed E-state index contributed by atoms with van der Waals surface area (Å²) in [6.45, 7) is 3.15. The lowest BCUT2D eigenvalue weighted by Gasteiger charge is -2.33. The van der Waals surface area contributed by atoms with E-state index in [1.165, 1.54) is 0 Å². The van der Waals surface area contributed by atoms with E-state index in [9.17, 15) is 4.79 Å². The summed E-state index contributed by atoms with van der Waals surface area (Å²) >= 11 is 0. The number of nitrogen functional groups attached to an aromatic ring is 1. The van der Waals surface area contributed by atoms with Gasteiger partial charge in [-0.25, -0.2) is 9.97 Å². The molecule has 0 radical (unpaired) electrons. The van der Waals surface area contributed by atoms with Crippen LogP contribution in [0.25, 0.3) is 5.65 Å². The van der Waals surface area contributed by atoms with E-state index in [-0.39, 0.29) is 11.9 Å². The Hall–Kier alpha value is -2.31. The molecule has 1 saturated heterocycles. The van der Waals surface area contributed by atoms with E-state index >= 15 is 0 Å². The summed E-state index contributed by atoms with van der Waals surface area (Å²) in [5, 5.41) is 2.82. The SMILES string of the molecule is CC1C(=O)NCCN1c1nc(N)cn2ccnc12. The zero-order valence-corrected chi connectivity index (χ0v) is 10.00. The molecule has 0 aliphatic carbocycles. The number of carbonyl (C=O) groups excluding carboxylic acids is 1. The topological polar surface area (TPSA) is 88.5 Å². The second kappa shape index (κ2) is 3.86. The molecule has 3 heterocycles. The van der Waals surface area contributed by atoms with Crippen molar-refractivity contribution in [3.05, 3.63) is 18.6 Å². The Morgan fingerprint density at radius 2 is 2.39 bits per heavy atom. The second-order valence-corrected chi connectivity index (χ2v) is 4.31. The van der Waals surface area contributed by atoms with E-state index in [1.54, 1.807) is 12.4 Å². The van der Waals surface area contributed by atoms with Gasteiger partial charge in [-0.3, -0.25) is 4.79 Å². The zero-order chi connectivity index (χ0) is 12.7. The second-order valence-electron chi connectivity index (χ2n) is 4.31. The number of hydrogen-bond donors (Lipinski definition) is 2. The van der Waals surface area contributed by atoms with Crippen LogP contribution in [0, 0.1) is 0 Å². The summed E-state index contributed by atoms with van der Waals surface area (Å²) in [6.07, 6.45) is 5.21. The van der Waals surface area contributed by atoms with Gasteiger partial charge in [0.05, 0.1) is 6.20 Å². The van der Waals surface area contributed by atoms with E-state index in [4.69, 9.17) is 5.73 Å². The summed E-state index contributed by atoms with van der Waals surface area (Å²) in [4.78, 5) is 22.2. The largest absolute Gasteiger partial charge is 0.382 e. The van der Waals surface area contributed by atoms with Gasteiger partial charge in [0.15, 0.2) is 11.5 Å². The Kier molecular flexibility index (Phi) is 2.32. The molecule has 3 N–H and O–H groups in total. The highest BCUT2D eigenvalue weighted by Gasteiger charge is 2.28. The molecule has 1 unspecified atom stereocenters. The van der Waals surface area contributed by atoms with Gasteiger partial charge in [-0.05, 0) is 6.92 Å². The fourth-order valence-corrected chi connectivity index (χ4v) is 2.20. The molecule has 1 amide bonds. The number of anilines is 2. The first-order valence-electron chi connectivity index (χ1n) is 5.80. The number of nitrogens with zero attached hydrogens (tertiary/aromatic N) is 4. The van der Waals surface area contributed by atoms with Crippen molar-refractivity contribution in [2.75, 3.05) is 23.7 Å². The summed E-state index contributed by atoms with van der Waals surface area (Å²) in [6, 6.07) is -0.270. The predicted molar refractivity (Wildman–Crippen MR) is 67.2 cm³/mol. The average Bonchev–Trinajstić information content (AvgIpc) is 2.79. The molecule has 1 fully saturated rings. The Labute approximate surface area is 104 Å². The molecule has 7 heteroatoms. The van der Waals surface area contributed by atoms with Crippen molar-refractivity contribution < 1.29 is 4.79 Å². The smallest absolute Gasteiger partial charge is 0.242 e. The third kappa shape index (κ3) is 1.55. The van der Waals surface area contributed by atoms with Gasteiger partial charge >= 0.3 is 0 Å². The molecular formula is C11H14N6O. The number of aromatic nitrogens is 3. The van der Waals surface area contributed by atoms with Crippen molar-refractivity contribution >= 4 is 23.2 Å². The molecule has 7 nitrogen and oxygen atoms in total. The van der Waals surface area contributed by atoms with E-state index in [1.807, 2.05) is 22.4 Å². The van der Waals surface area contributed by atoms with Crippen LogP contribution in [0.2, 0.25) is 0 Å². The standard InChI is InChI=1S/C11H14N6O/c1-7-11(18)14-3-5-17(7)10-9-13-2-4-16(9)6-8(12)15-10/h2,4,6-7H,3,5,12H2,1H3,(H,14,18). The van der Waals surface area contributed by atoms with Crippen molar-refractivity contribution in [1.29, 1.82) is 0 Å². The monoisotopic (exact) mass is 246 g/mol. The van der Waals surface area contributed by atoms with E-state index < -0.39 is 0 Å². The van der Waals surface area contributed by atoms with Gasteiger partial charge in [-0.1, -0.05) is 0 Å². The molecule has 0 aromatic carbocycles. The number of imidazole rings is 1. The van der Waals surface area contributed by atoms with Crippen LogP contribution in [-0.4, -0.2) is 39.4 Å². The quantitative estimate of drug-likeness (QED) is 0.717. The van der Waals surface area contributed by atoms with Crippen LogP contribution >= 0.6 is 0 Å². The molecule has 0 saturated carbocycles. The van der Waals surface area contributed by atoms with Crippen molar-refractivity contribution in [2.24, 2.45) is 0 Å². The first kappa shape index (κ1) is 10.8. The molecule has 0 bridgehead atoms. The maximum atomic E-state index is 11.7. The molecule has 1 aliphatic heterocycles. The lowest BCUT2D eigenvalue weighted by Crippen LogP contribution is -2.54. The van der Waals surface area contributed by atoms with Crippen molar-refractivity contribution in [3.8, 4) is 0 Å². The van der Waals surface area contributed by atoms with Crippen molar-refractivity contribution in [3.63, 3.8) is 0 Å². The highest BCUT2D eigenvalue weighted by molar-refractivity contribution is 5.87. The van der Waals surface area contributed by atoms with E-state index in [0.717, 1.165) is 0 Å². The molecule has 0 spiro atoms. The summed E-state index contributed by atoms with van der Waals surface area (Å²) in [5.41, 5.74) is 6.50. The van der Waals surface area contributed by atoms with Crippen LogP contribution in [0.1, 0.15) is 6.92 Å². The zero-order valence-electron chi connectivity index (χ0n) is 10.00. The van der Waals surface area contributed by atoms with Crippen LogP contribution in [0.4, 0.5) is 11.6 Å². The lowest BCUT2D eigenvalue weighted by atomic mass is 10.2. The third-order valence-corrected chi connectivity index (χ3v) is 3.15. The van der Waals surface area contributed by atoms with Crippen molar-refractivity contribution in [1.82, 2.24) is 19.7 Å². The van der Waals surface area contributed by atoms with Gasteiger partial charge in [0.1, 0.15) is 11.9 Å². The fourth-order valence-electron chi connectivity index (χ4n) is 2.20. The summed E-state index contributed by atoms with van der Waals surface area (Å²) in [5.74, 6) is 1.06. The van der Waals surface area contributed by atoms with Crippen LogP contribution < -0.4 is 16.0 Å². The number of hydrogen-bond acceptors (Lipinski definition) is 5. The first-order valence-corrected chi connectivity index (χ1v) is 5.80. The van der Waals surface area contributed by atoms with Gasteiger partial charge < -0.3 is 20.4 Å². The van der Waals surface area contributed by atoms with Gasteiger partial charge in [0.25, 0.3) is 0 Å². The minimum Gasteiger partial charge on any atom is -0.382 e. The maximum Gasteiger partial charge on any atom is 0.242 e. The molecule has 3 rings (SSSR count). The fraction of sp³-hybridized carbons (Fsp3) is 0.364. The molecule has 18 heavy (non-hydrogen) atoms. The normalized spacial score (nSPS) is 20.2. The number of amides is 1. The van der Waals surface area contributed by atoms with Crippen molar-refractivity contribution in [2.45, 2.75) is 13.0 Å². The van der Waals surface area contributed by atoms with Gasteiger partial charge in [-0.15, -0.1) is 0 Å². The number of rotatable bonds is 1. The Morgan fingerprint density at radius 3 is 3.22 bits per heavy atom. The predicted octanol–water partition coefficient (Wildman–Crippen LogP) is -0.364. The molecule has 2 aromatic rings. The van der Waals surface area contributed by atoms with Gasteiger partial charge in [0.2, 0.25) is 5.91 Å². The highest BCUT2D eigenvalue weighted by atomic mass is 16.2. The Bertz CT molecular complexity index is 607. The third-order valence-electron chi connectivity index (χ3n) is 3.15. The molecule has 94 valence electrons. The number of nitrogens with two attached hydrogens (primary N) is 1. The lowest BCUT2D eigenvalue weighted by molar-refractivity contribution is -0.122. The minimum absolute atomic E-state index is 0.00446. The van der Waals surface area contributed by atoms with E-state index in [0.29, 0.717) is 30.4 Å². The summed E-state index contributed by atoms with van der Waals surface area (Å²) in [7, 11) is 0. The van der Waals surface area contributed by atoms with Crippen LogP contribution in [0.15, 0.2) is 18.6 Å². The Balaban J connectivity index is 2.12. The van der Waals surface area contributed by atoms with Crippen LogP contribution in [-0.2, 0) is 4.79 Å². The molecule has 1 aliphatic rings. The van der Waals surface area contributed by atoms with Crippen LogP contribution in [0.5, 0.6) is 0 Å². The molecular weight excluding hydrogens is 232 g/mol. The van der Waals surface area contributed by atoms with Gasteiger partial charge in [-0.2, -0.15) is 0 Å². The maximum absolute atomic E-state index is 11.7. The minimum atomic E-state index is -0.270. The number of piperazine rings is 1. The Morgan fingerprint density at radius 1 is 1.56 bits per heavy atom. The van der Waals surface area contributed by atoms with E-state index in [2.05, 4.69) is 15.3 Å². The average molecular weight is 246 g/mol. The number of nitrogens with one attached hydrogen (secondary N) is 1. The molecule has 2 aromatic heterocycles. The summed E-state index contributed by atoms with van der Waals surface area (Å²) < 4.78 is 1.82. The molecule has 1 atom stereocenters. The highest BCUT2D eigenvalue weighted by Crippen LogP contribution is 2.22. The first-order chi connectivity index (χ1) is 8.66. The van der Waals surface area contributed by atoms with Gasteiger partial charge in [0, 0.05) is 25.5 Å². The number of carbonyl (C=O) groups is 1. The van der Waals surface area contributed by atoms with Crippen LogP contribution in [0.3, 0.4) is 0 Å². The number of fused-ring (bicyclic) bond motifs is 1.